The van der Waals surface area contributed by atoms with Crippen molar-refractivity contribution in [3.63, 3.8) is 0 Å². The van der Waals surface area contributed by atoms with Gasteiger partial charge in [0, 0.05) is 19.0 Å². The van der Waals surface area contributed by atoms with E-state index in [-0.39, 0.29) is 16.8 Å². The predicted molar refractivity (Wildman–Crippen MR) is 114 cm³/mol. The monoisotopic (exact) mass is 423 g/mol. The van der Waals surface area contributed by atoms with Gasteiger partial charge in [0.25, 0.3) is 10.0 Å². The van der Waals surface area contributed by atoms with Crippen LogP contribution in [-0.2, 0) is 14.8 Å². The van der Waals surface area contributed by atoms with Crippen LogP contribution >= 0.6 is 0 Å². The largest absolute Gasteiger partial charge is 0.467 e. The fourth-order valence-corrected chi connectivity index (χ4v) is 4.42. The summed E-state index contributed by atoms with van der Waals surface area (Å²) in [7, 11) is -3.71. The van der Waals surface area contributed by atoms with E-state index in [1.165, 1.54) is 11.9 Å². The van der Waals surface area contributed by atoms with Crippen LogP contribution in [0.2, 0.25) is 0 Å². The summed E-state index contributed by atoms with van der Waals surface area (Å²) in [6, 6.07) is 16.9. The van der Waals surface area contributed by atoms with Crippen molar-refractivity contribution in [2.75, 3.05) is 4.72 Å². The van der Waals surface area contributed by atoms with Crippen LogP contribution in [0.1, 0.15) is 36.3 Å². The van der Waals surface area contributed by atoms with Gasteiger partial charge in [-0.3, -0.25) is 9.52 Å². The fraction of sp³-hybridized carbons (Fsp3) is 0.182. The van der Waals surface area contributed by atoms with Gasteiger partial charge in [-0.2, -0.15) is 5.10 Å². The minimum atomic E-state index is -3.71. The quantitative estimate of drug-likeness (QED) is 0.669. The summed E-state index contributed by atoms with van der Waals surface area (Å²) < 4.78 is 33.5. The van der Waals surface area contributed by atoms with E-state index in [9.17, 15) is 13.2 Å². The summed E-state index contributed by atoms with van der Waals surface area (Å²) in [6.45, 7) is 3.35. The van der Waals surface area contributed by atoms with Crippen LogP contribution in [0.4, 0.5) is 5.69 Å². The number of amides is 1. The molecule has 8 heteroatoms. The van der Waals surface area contributed by atoms with E-state index >= 15 is 0 Å². The summed E-state index contributed by atoms with van der Waals surface area (Å²) in [5, 5.41) is 5.86. The van der Waals surface area contributed by atoms with Crippen molar-refractivity contribution in [1.82, 2.24) is 5.01 Å². The second-order valence-corrected chi connectivity index (χ2v) is 8.83. The zero-order chi connectivity index (χ0) is 21.3. The maximum Gasteiger partial charge on any atom is 0.261 e. The van der Waals surface area contributed by atoms with E-state index in [1.54, 1.807) is 54.8 Å². The lowest BCUT2D eigenvalue weighted by molar-refractivity contribution is -0.130. The number of nitrogens with one attached hydrogen (secondary N) is 1. The number of furan rings is 1. The highest BCUT2D eigenvalue weighted by Crippen LogP contribution is 2.33. The van der Waals surface area contributed by atoms with Gasteiger partial charge in [-0.1, -0.05) is 29.8 Å². The van der Waals surface area contributed by atoms with Crippen LogP contribution in [0.3, 0.4) is 0 Å². The number of anilines is 1. The second-order valence-electron chi connectivity index (χ2n) is 7.14. The fourth-order valence-electron chi connectivity index (χ4n) is 3.37. The zero-order valence-corrected chi connectivity index (χ0v) is 17.4. The molecule has 1 aliphatic heterocycles. The molecular weight excluding hydrogens is 402 g/mol. The van der Waals surface area contributed by atoms with E-state index in [2.05, 4.69) is 9.82 Å². The highest BCUT2D eigenvalue weighted by Gasteiger charge is 2.33. The minimum absolute atomic E-state index is 0.192. The molecule has 154 valence electrons. The smallest absolute Gasteiger partial charge is 0.261 e. The molecule has 0 spiro atoms. The Hall–Kier alpha value is -3.39. The average molecular weight is 423 g/mol. The zero-order valence-electron chi connectivity index (χ0n) is 16.6. The van der Waals surface area contributed by atoms with Gasteiger partial charge in [0.05, 0.1) is 16.9 Å². The number of rotatable bonds is 5. The standard InChI is InChI=1S/C22H21N3O4S/c1-15-8-10-19(11-9-15)30(27,28)24-18-6-3-5-17(13-18)20-14-21(22-7-4-12-29-22)25(23-20)16(2)26/h3-13,21,24H,14H2,1-2H3/t21-/m1/s1. The molecular formula is C22H21N3O4S. The molecule has 0 bridgehead atoms. The Labute approximate surface area is 175 Å². The lowest BCUT2D eigenvalue weighted by Crippen LogP contribution is -2.23. The van der Waals surface area contributed by atoms with Crippen LogP contribution in [0, 0.1) is 6.92 Å². The van der Waals surface area contributed by atoms with E-state index < -0.39 is 10.0 Å². The summed E-state index contributed by atoms with van der Waals surface area (Å²) >= 11 is 0. The highest BCUT2D eigenvalue weighted by atomic mass is 32.2. The number of carbonyl (C=O) groups is 1. The molecule has 3 aromatic rings. The number of sulfonamides is 1. The molecule has 2 heterocycles. The Balaban J connectivity index is 1.60. The molecule has 1 N–H and O–H groups in total. The predicted octanol–water partition coefficient (Wildman–Crippen LogP) is 4.09. The summed E-state index contributed by atoms with van der Waals surface area (Å²) in [5.41, 5.74) is 2.82. The maximum atomic E-state index is 12.7. The first-order valence-electron chi connectivity index (χ1n) is 9.44. The van der Waals surface area contributed by atoms with Crippen LogP contribution in [0.25, 0.3) is 0 Å². The van der Waals surface area contributed by atoms with Crippen LogP contribution < -0.4 is 4.72 Å². The molecule has 0 saturated carbocycles. The lowest BCUT2D eigenvalue weighted by atomic mass is 10.0. The van der Waals surface area contributed by atoms with E-state index in [0.29, 0.717) is 23.6 Å². The summed E-state index contributed by atoms with van der Waals surface area (Å²) in [5.74, 6) is 0.461. The first kappa shape index (κ1) is 19.9. The topological polar surface area (TPSA) is 92.0 Å². The minimum Gasteiger partial charge on any atom is -0.467 e. The van der Waals surface area contributed by atoms with Gasteiger partial charge in [0.1, 0.15) is 11.8 Å². The molecule has 0 unspecified atom stereocenters. The SMILES string of the molecule is CC(=O)N1N=C(c2cccc(NS(=O)(=O)c3ccc(C)cc3)c2)C[C@@H]1c1ccco1. The third-order valence-corrected chi connectivity index (χ3v) is 6.28. The Morgan fingerprint density at radius 2 is 1.90 bits per heavy atom. The molecule has 1 atom stereocenters. The summed E-state index contributed by atoms with van der Waals surface area (Å²) in [6.07, 6.45) is 2.04. The normalized spacial score (nSPS) is 16.4. The van der Waals surface area contributed by atoms with Gasteiger partial charge >= 0.3 is 0 Å². The Morgan fingerprint density at radius 1 is 1.13 bits per heavy atom. The molecule has 4 rings (SSSR count). The Kier molecular flexibility index (Phi) is 5.17. The molecule has 1 aliphatic rings. The molecule has 30 heavy (non-hydrogen) atoms. The van der Waals surface area contributed by atoms with E-state index in [1.807, 2.05) is 19.1 Å². The number of hydrazone groups is 1. The van der Waals surface area contributed by atoms with Gasteiger partial charge in [-0.25, -0.2) is 13.4 Å². The number of hydrogen-bond donors (Lipinski definition) is 1. The molecule has 1 amide bonds. The number of carbonyl (C=O) groups excluding carboxylic acids is 1. The van der Waals surface area contributed by atoms with Crippen molar-refractivity contribution >= 4 is 27.3 Å². The van der Waals surface area contributed by atoms with Gasteiger partial charge in [0.2, 0.25) is 5.91 Å². The number of nitrogens with zero attached hydrogens (tertiary/aromatic N) is 2. The first-order valence-corrected chi connectivity index (χ1v) is 10.9. The van der Waals surface area contributed by atoms with Crippen molar-refractivity contribution in [2.45, 2.75) is 31.2 Å². The van der Waals surface area contributed by atoms with Gasteiger partial charge in [-0.05, 0) is 48.9 Å². The van der Waals surface area contributed by atoms with E-state index in [0.717, 1.165) is 11.1 Å². The van der Waals surface area contributed by atoms with Crippen molar-refractivity contribution in [3.8, 4) is 0 Å². The highest BCUT2D eigenvalue weighted by molar-refractivity contribution is 7.92. The summed E-state index contributed by atoms with van der Waals surface area (Å²) in [4.78, 5) is 12.2. The van der Waals surface area contributed by atoms with Crippen LogP contribution in [0.15, 0.2) is 81.3 Å². The molecule has 1 aromatic heterocycles. The number of benzene rings is 2. The van der Waals surface area contributed by atoms with E-state index in [4.69, 9.17) is 4.42 Å². The van der Waals surface area contributed by atoms with Gasteiger partial charge < -0.3 is 4.42 Å². The molecule has 0 fully saturated rings. The van der Waals surface area contributed by atoms with Crippen molar-refractivity contribution in [1.29, 1.82) is 0 Å². The average Bonchev–Trinajstić information content (AvgIpc) is 3.38. The third kappa shape index (κ3) is 3.99. The van der Waals surface area contributed by atoms with Crippen LogP contribution in [0.5, 0.6) is 0 Å². The number of hydrogen-bond acceptors (Lipinski definition) is 5. The van der Waals surface area contributed by atoms with Crippen LogP contribution in [-0.4, -0.2) is 25.0 Å². The molecule has 0 saturated heterocycles. The molecule has 2 aromatic carbocycles. The molecule has 0 radical (unpaired) electrons. The molecule has 7 nitrogen and oxygen atoms in total. The maximum absolute atomic E-state index is 12.7. The van der Waals surface area contributed by atoms with Gasteiger partial charge in [0.15, 0.2) is 0 Å². The van der Waals surface area contributed by atoms with Crippen molar-refractivity contribution in [3.05, 3.63) is 83.8 Å². The third-order valence-electron chi connectivity index (χ3n) is 4.88. The molecule has 0 aliphatic carbocycles. The van der Waals surface area contributed by atoms with Crippen molar-refractivity contribution < 1.29 is 17.6 Å². The van der Waals surface area contributed by atoms with Gasteiger partial charge in [-0.15, -0.1) is 0 Å². The Morgan fingerprint density at radius 3 is 2.57 bits per heavy atom. The Bertz CT molecular complexity index is 1200. The first-order chi connectivity index (χ1) is 14.3. The van der Waals surface area contributed by atoms with Crippen molar-refractivity contribution in [2.24, 2.45) is 5.10 Å². The lowest BCUT2D eigenvalue weighted by Gasteiger charge is -2.17. The number of aryl methyl sites for hydroxylation is 1. The second kappa shape index (κ2) is 7.79.